The van der Waals surface area contributed by atoms with E-state index in [0.29, 0.717) is 0 Å². The highest BCUT2D eigenvalue weighted by molar-refractivity contribution is 7.91. The summed E-state index contributed by atoms with van der Waals surface area (Å²) in [6, 6.07) is 0. The highest BCUT2D eigenvalue weighted by atomic mass is 32.2. The minimum Gasteiger partial charge on any atom is -0.214 e. The monoisotopic (exact) mass is 425 g/mol. The summed E-state index contributed by atoms with van der Waals surface area (Å²) in [6.07, 6.45) is -7.62. The summed E-state index contributed by atoms with van der Waals surface area (Å²) in [5.74, 6) is -32.6. The number of sulfonamides is 1. The Morgan fingerprint density at radius 1 is 0.640 bits per heavy atom. The number of alkyl halides is 13. The molecule has 0 aliphatic rings. The number of azide groups is 1. The Hall–Kier alpha value is -1.65. The van der Waals surface area contributed by atoms with E-state index in [1.165, 1.54) is 0 Å². The Kier molecular flexibility index (Phi) is 5.31. The van der Waals surface area contributed by atoms with Crippen LogP contribution in [-0.2, 0) is 10.0 Å². The second-order valence-corrected chi connectivity index (χ2v) is 5.58. The molecule has 0 aliphatic heterocycles. The van der Waals surface area contributed by atoms with E-state index < -0.39 is 45.1 Å². The lowest BCUT2D eigenvalue weighted by atomic mass is 9.98. The zero-order chi connectivity index (χ0) is 20.9. The lowest BCUT2D eigenvalue weighted by molar-refractivity contribution is -0.433. The first-order chi connectivity index (χ1) is 10.6. The number of halogens is 13. The van der Waals surface area contributed by atoms with Crippen LogP contribution < -0.4 is 0 Å². The molecule has 0 radical (unpaired) electrons. The number of rotatable bonds is 6. The van der Waals surface area contributed by atoms with E-state index in [9.17, 15) is 65.5 Å². The van der Waals surface area contributed by atoms with E-state index in [2.05, 4.69) is 0 Å². The predicted molar refractivity (Wildman–Crippen MR) is 48.9 cm³/mol. The highest BCUT2D eigenvalue weighted by Crippen LogP contribution is 2.61. The maximum absolute atomic E-state index is 13.0. The van der Waals surface area contributed by atoms with Crippen molar-refractivity contribution >= 4 is 10.0 Å². The lowest BCUT2D eigenvalue weighted by Crippen LogP contribution is -2.70. The zero-order valence-corrected chi connectivity index (χ0v) is 11.3. The van der Waals surface area contributed by atoms with E-state index in [-0.39, 0.29) is 0 Å². The summed E-state index contributed by atoms with van der Waals surface area (Å²) < 4.78 is 185. The van der Waals surface area contributed by atoms with Crippen LogP contribution in [-0.4, -0.2) is 43.5 Å². The van der Waals surface area contributed by atoms with Gasteiger partial charge in [-0.2, -0.15) is 57.1 Å². The first-order valence-electron chi connectivity index (χ1n) is 4.83. The SMILES string of the molecule is [N-]=[N+]=NS(=O)(=O)C(F)(F)C(F)(F)C(F)(F)C(F)(F)C(F)(F)C(F)(F)F. The maximum Gasteiger partial charge on any atom is 0.460 e. The molecule has 0 unspecified atom stereocenters. The van der Waals surface area contributed by atoms with Crippen LogP contribution in [0, 0.1) is 0 Å². The fourth-order valence-corrected chi connectivity index (χ4v) is 1.67. The molecule has 148 valence electrons. The first kappa shape index (κ1) is 23.4. The summed E-state index contributed by atoms with van der Waals surface area (Å²) in [7, 11) is -7.41. The molecule has 0 aliphatic carbocycles. The standard InChI is InChI=1S/C6F13N3O2S/c7-1(8,3(11,12)5(15,16)17)2(9,10)4(13,14)6(18,19)25(23,24)22-21-20. The largest absolute Gasteiger partial charge is 0.460 e. The molecule has 0 atom stereocenters. The molecular weight excluding hydrogens is 425 g/mol. The van der Waals surface area contributed by atoms with Gasteiger partial charge in [0, 0.05) is 9.43 Å². The van der Waals surface area contributed by atoms with Crippen LogP contribution in [0.5, 0.6) is 0 Å². The van der Waals surface area contributed by atoms with Gasteiger partial charge in [0.15, 0.2) is 0 Å². The molecule has 0 aromatic carbocycles. The van der Waals surface area contributed by atoms with Crippen LogP contribution in [0.4, 0.5) is 57.1 Å². The Bertz CT molecular complexity index is 674. The molecule has 0 rings (SSSR count). The fourth-order valence-electron chi connectivity index (χ4n) is 1.02. The van der Waals surface area contributed by atoms with Crippen molar-refractivity contribution in [1.29, 1.82) is 0 Å². The number of nitrogens with zero attached hydrogens (tertiary/aromatic N) is 3. The normalized spacial score (nSPS) is 15.7. The van der Waals surface area contributed by atoms with E-state index in [1.807, 2.05) is 0 Å². The van der Waals surface area contributed by atoms with Crippen molar-refractivity contribution in [3.05, 3.63) is 10.4 Å². The highest BCUT2D eigenvalue weighted by Gasteiger charge is 2.92. The third-order valence-corrected chi connectivity index (χ3v) is 3.56. The summed E-state index contributed by atoms with van der Waals surface area (Å²) in [6.45, 7) is 0. The molecule has 0 saturated heterocycles. The first-order valence-corrected chi connectivity index (χ1v) is 6.27. The van der Waals surface area contributed by atoms with Crippen LogP contribution in [0.3, 0.4) is 0 Å². The molecule has 0 bridgehead atoms. The Labute approximate surface area is 127 Å². The van der Waals surface area contributed by atoms with Crippen LogP contribution in [0.1, 0.15) is 0 Å². The molecule has 25 heavy (non-hydrogen) atoms. The Balaban J connectivity index is 6.64. The molecule has 0 spiro atoms. The molecule has 19 heteroatoms. The van der Waals surface area contributed by atoms with Crippen LogP contribution in [0.2, 0.25) is 0 Å². The molecule has 0 saturated carbocycles. The van der Waals surface area contributed by atoms with E-state index in [0.717, 1.165) is 9.43 Å². The van der Waals surface area contributed by atoms with Gasteiger partial charge in [0.25, 0.3) is 0 Å². The molecule has 0 N–H and O–H groups in total. The minimum atomic E-state index is -8.28. The van der Waals surface area contributed by atoms with Gasteiger partial charge in [0.1, 0.15) is 0 Å². The lowest BCUT2D eigenvalue weighted by Gasteiger charge is -2.38. The van der Waals surface area contributed by atoms with Gasteiger partial charge in [0.2, 0.25) is 0 Å². The number of hydrogen-bond acceptors (Lipinski definition) is 2. The van der Waals surface area contributed by atoms with E-state index in [4.69, 9.17) is 5.53 Å². The second-order valence-electron chi connectivity index (χ2n) is 3.96. The van der Waals surface area contributed by atoms with Gasteiger partial charge in [-0.25, -0.2) is 8.42 Å². The molecule has 0 amide bonds. The molecule has 5 nitrogen and oxygen atoms in total. The number of hydrogen-bond donors (Lipinski definition) is 0. The molecule has 0 aromatic heterocycles. The molecular formula is C6F13N3O2S. The summed E-state index contributed by atoms with van der Waals surface area (Å²) >= 11 is 0. The van der Waals surface area contributed by atoms with Crippen molar-refractivity contribution in [2.45, 2.75) is 35.1 Å². The van der Waals surface area contributed by atoms with Gasteiger partial charge in [-0.3, -0.25) is 0 Å². The smallest absolute Gasteiger partial charge is 0.214 e. The predicted octanol–water partition coefficient (Wildman–Crippen LogP) is 4.32. The van der Waals surface area contributed by atoms with Gasteiger partial charge in [-0.1, -0.05) is 0 Å². The summed E-state index contributed by atoms with van der Waals surface area (Å²) in [5.41, 5.74) is 7.53. The van der Waals surface area contributed by atoms with Gasteiger partial charge in [-0.15, -0.1) is 0 Å². The van der Waals surface area contributed by atoms with Gasteiger partial charge < -0.3 is 0 Å². The topological polar surface area (TPSA) is 82.9 Å². The van der Waals surface area contributed by atoms with Crippen LogP contribution >= 0.6 is 0 Å². The molecule has 0 fully saturated rings. The van der Waals surface area contributed by atoms with Gasteiger partial charge in [-0.05, 0) is 5.53 Å². The van der Waals surface area contributed by atoms with Crippen LogP contribution in [0.15, 0.2) is 4.52 Å². The van der Waals surface area contributed by atoms with E-state index >= 15 is 0 Å². The summed E-state index contributed by atoms with van der Waals surface area (Å²) in [4.78, 5) is 0.983. The molecule has 0 heterocycles. The zero-order valence-electron chi connectivity index (χ0n) is 10.5. The van der Waals surface area contributed by atoms with Crippen LogP contribution in [0.25, 0.3) is 10.4 Å². The average molecular weight is 425 g/mol. The quantitative estimate of drug-likeness (QED) is 0.275. The third-order valence-electron chi connectivity index (χ3n) is 2.37. The van der Waals surface area contributed by atoms with Crippen molar-refractivity contribution in [3.63, 3.8) is 0 Å². The Morgan fingerprint density at radius 3 is 1.24 bits per heavy atom. The van der Waals surface area contributed by atoms with E-state index in [1.54, 1.807) is 0 Å². The van der Waals surface area contributed by atoms with Gasteiger partial charge in [0.05, 0.1) is 0 Å². The van der Waals surface area contributed by atoms with Crippen molar-refractivity contribution in [3.8, 4) is 0 Å². The van der Waals surface area contributed by atoms with Gasteiger partial charge >= 0.3 is 45.1 Å². The third kappa shape index (κ3) is 2.91. The minimum absolute atomic E-state index is 0.936. The van der Waals surface area contributed by atoms with Crippen molar-refractivity contribution in [1.82, 2.24) is 0 Å². The van der Waals surface area contributed by atoms with Crippen molar-refractivity contribution in [2.75, 3.05) is 0 Å². The van der Waals surface area contributed by atoms with Crippen molar-refractivity contribution in [2.24, 2.45) is 4.52 Å². The average Bonchev–Trinajstić information content (AvgIpc) is 2.35. The fraction of sp³-hybridized carbons (Fsp3) is 1.00. The van der Waals surface area contributed by atoms with Crippen molar-refractivity contribution < 1.29 is 65.5 Å². The Morgan fingerprint density at radius 2 is 0.960 bits per heavy atom. The second kappa shape index (κ2) is 5.68. The summed E-state index contributed by atoms with van der Waals surface area (Å²) in [5, 5.41) is -7.49. The molecule has 0 aromatic rings. The maximum atomic E-state index is 13.0.